The molecule has 3 aromatic rings. The fourth-order valence-electron chi connectivity index (χ4n) is 3.79. The highest BCUT2D eigenvalue weighted by atomic mass is 32.2. The van der Waals surface area contributed by atoms with Gasteiger partial charge in [0.2, 0.25) is 21.7 Å². The van der Waals surface area contributed by atoms with Crippen molar-refractivity contribution in [3.8, 4) is 11.4 Å². The Labute approximate surface area is 173 Å². The molecule has 0 N–H and O–H groups in total. The van der Waals surface area contributed by atoms with Crippen molar-refractivity contribution in [2.45, 2.75) is 31.1 Å². The average Bonchev–Trinajstić information content (AvgIpc) is 3.16. The summed E-state index contributed by atoms with van der Waals surface area (Å²) in [7, 11) is -3.73. The highest BCUT2D eigenvalue weighted by Crippen LogP contribution is 2.28. The van der Waals surface area contributed by atoms with E-state index < -0.39 is 21.7 Å². The molecule has 2 heterocycles. The molecule has 0 saturated carbocycles. The maximum absolute atomic E-state index is 13.9. The Morgan fingerprint density at radius 2 is 2.00 bits per heavy atom. The molecular weight excluding hydrogens is 412 g/mol. The number of rotatable bonds is 5. The summed E-state index contributed by atoms with van der Waals surface area (Å²) >= 11 is 0. The number of piperidine rings is 1. The fourth-order valence-corrected chi connectivity index (χ4v) is 5.55. The van der Waals surface area contributed by atoms with Crippen LogP contribution in [0.2, 0.25) is 0 Å². The first kappa shape index (κ1) is 20.6. The molecule has 1 aromatic heterocycles. The highest BCUT2D eigenvalue weighted by Gasteiger charge is 2.32. The summed E-state index contributed by atoms with van der Waals surface area (Å²) in [6.07, 6.45) is 1.90. The molecule has 158 valence electrons. The Kier molecular flexibility index (Phi) is 5.66. The van der Waals surface area contributed by atoms with Gasteiger partial charge in [-0.2, -0.15) is 9.29 Å². The molecule has 2 aromatic carbocycles. The van der Waals surface area contributed by atoms with Gasteiger partial charge in [0.05, 0.1) is 10.5 Å². The van der Waals surface area contributed by atoms with E-state index in [1.807, 2.05) is 0 Å². The van der Waals surface area contributed by atoms with Gasteiger partial charge in [0, 0.05) is 19.5 Å². The molecule has 0 amide bonds. The Balaban J connectivity index is 1.49. The van der Waals surface area contributed by atoms with E-state index in [2.05, 4.69) is 10.1 Å². The van der Waals surface area contributed by atoms with Crippen LogP contribution in [0, 0.1) is 24.5 Å². The lowest BCUT2D eigenvalue weighted by Crippen LogP contribution is -2.40. The third-order valence-electron chi connectivity index (χ3n) is 5.28. The van der Waals surface area contributed by atoms with Crippen LogP contribution in [-0.2, 0) is 16.4 Å². The number of aromatic nitrogens is 2. The number of aryl methyl sites for hydroxylation is 1. The lowest BCUT2D eigenvalue weighted by atomic mass is 9.96. The van der Waals surface area contributed by atoms with Crippen molar-refractivity contribution in [3.63, 3.8) is 0 Å². The molecule has 0 radical (unpaired) electrons. The van der Waals surface area contributed by atoms with Gasteiger partial charge in [0.1, 0.15) is 11.6 Å². The van der Waals surface area contributed by atoms with Gasteiger partial charge in [0.15, 0.2) is 0 Å². The quantitative estimate of drug-likeness (QED) is 0.609. The first-order valence-electron chi connectivity index (χ1n) is 9.68. The predicted octanol–water partition coefficient (Wildman–Crippen LogP) is 3.97. The molecule has 1 fully saturated rings. The highest BCUT2D eigenvalue weighted by molar-refractivity contribution is 7.89. The summed E-state index contributed by atoms with van der Waals surface area (Å²) in [5, 5.41) is 3.85. The number of nitrogens with zero attached hydrogens (tertiary/aromatic N) is 3. The molecule has 1 aliphatic heterocycles. The molecule has 1 saturated heterocycles. The lowest BCUT2D eigenvalue weighted by molar-refractivity contribution is 0.247. The molecule has 9 heteroatoms. The fraction of sp³-hybridized carbons (Fsp3) is 0.333. The second-order valence-electron chi connectivity index (χ2n) is 7.48. The minimum Gasteiger partial charge on any atom is -0.339 e. The van der Waals surface area contributed by atoms with E-state index in [0.29, 0.717) is 37.4 Å². The predicted molar refractivity (Wildman–Crippen MR) is 106 cm³/mol. The van der Waals surface area contributed by atoms with E-state index in [4.69, 9.17) is 4.52 Å². The van der Waals surface area contributed by atoms with Crippen LogP contribution in [0.5, 0.6) is 0 Å². The van der Waals surface area contributed by atoms with Gasteiger partial charge in [-0.05, 0) is 61.6 Å². The smallest absolute Gasteiger partial charge is 0.243 e. The van der Waals surface area contributed by atoms with E-state index in [9.17, 15) is 17.2 Å². The Morgan fingerprint density at radius 1 is 1.20 bits per heavy atom. The second-order valence-corrected chi connectivity index (χ2v) is 9.38. The number of halogens is 2. The van der Waals surface area contributed by atoms with Gasteiger partial charge in [-0.25, -0.2) is 17.2 Å². The van der Waals surface area contributed by atoms with Crippen molar-refractivity contribution in [1.29, 1.82) is 0 Å². The molecule has 1 aliphatic rings. The van der Waals surface area contributed by atoms with E-state index in [-0.39, 0.29) is 22.2 Å². The van der Waals surface area contributed by atoms with Crippen molar-refractivity contribution in [2.24, 2.45) is 5.92 Å². The van der Waals surface area contributed by atoms with Crippen LogP contribution >= 0.6 is 0 Å². The van der Waals surface area contributed by atoms with Crippen molar-refractivity contribution < 1.29 is 21.7 Å². The minimum absolute atomic E-state index is 0.0109. The van der Waals surface area contributed by atoms with Crippen LogP contribution in [-0.4, -0.2) is 36.0 Å². The molecule has 4 rings (SSSR count). The molecule has 6 nitrogen and oxygen atoms in total. The summed E-state index contributed by atoms with van der Waals surface area (Å²) < 4.78 is 60.1. The van der Waals surface area contributed by atoms with Crippen LogP contribution in [0.4, 0.5) is 8.78 Å². The monoisotopic (exact) mass is 433 g/mol. The molecule has 0 aliphatic carbocycles. The van der Waals surface area contributed by atoms with Crippen molar-refractivity contribution in [1.82, 2.24) is 14.4 Å². The average molecular weight is 433 g/mol. The minimum atomic E-state index is -3.73. The third-order valence-corrected chi connectivity index (χ3v) is 7.31. The SMILES string of the molecule is Cc1cc(F)ccc1S(=O)(=O)N1CCC[C@H](Cc2nc(-c3ccccc3F)no2)C1. The molecule has 0 bridgehead atoms. The van der Waals surface area contributed by atoms with Crippen LogP contribution in [0.3, 0.4) is 0 Å². The van der Waals surface area contributed by atoms with E-state index in [1.54, 1.807) is 25.1 Å². The summed E-state index contributed by atoms with van der Waals surface area (Å²) in [5.74, 6) is -0.400. The normalized spacial score (nSPS) is 17.9. The van der Waals surface area contributed by atoms with Crippen molar-refractivity contribution in [3.05, 3.63) is 65.6 Å². The molecule has 0 unspecified atom stereocenters. The molecule has 30 heavy (non-hydrogen) atoms. The van der Waals surface area contributed by atoms with Crippen LogP contribution in [0.15, 0.2) is 51.9 Å². The zero-order valence-electron chi connectivity index (χ0n) is 16.4. The van der Waals surface area contributed by atoms with Gasteiger partial charge in [-0.3, -0.25) is 0 Å². The number of benzene rings is 2. The van der Waals surface area contributed by atoms with Crippen LogP contribution in [0.25, 0.3) is 11.4 Å². The van der Waals surface area contributed by atoms with E-state index >= 15 is 0 Å². The first-order valence-corrected chi connectivity index (χ1v) is 11.1. The molecule has 1 atom stereocenters. The zero-order chi connectivity index (χ0) is 21.3. The second kappa shape index (κ2) is 8.23. The third kappa shape index (κ3) is 4.13. The summed E-state index contributed by atoms with van der Waals surface area (Å²) in [6.45, 7) is 2.29. The summed E-state index contributed by atoms with van der Waals surface area (Å²) in [6, 6.07) is 9.86. The van der Waals surface area contributed by atoms with Crippen molar-refractivity contribution in [2.75, 3.05) is 13.1 Å². The van der Waals surface area contributed by atoms with Gasteiger partial charge in [0.25, 0.3) is 0 Å². The Bertz CT molecular complexity index is 1160. The van der Waals surface area contributed by atoms with Gasteiger partial charge in [-0.15, -0.1) is 0 Å². The van der Waals surface area contributed by atoms with E-state index in [0.717, 1.165) is 12.5 Å². The van der Waals surface area contributed by atoms with Crippen molar-refractivity contribution >= 4 is 10.0 Å². The molecular formula is C21H21F2N3O3S. The van der Waals surface area contributed by atoms with Gasteiger partial charge in [-0.1, -0.05) is 17.3 Å². The van der Waals surface area contributed by atoms with Crippen LogP contribution < -0.4 is 0 Å². The molecule has 0 spiro atoms. The van der Waals surface area contributed by atoms with E-state index in [1.165, 1.54) is 22.5 Å². The summed E-state index contributed by atoms with van der Waals surface area (Å²) in [5.41, 5.74) is 0.635. The zero-order valence-corrected chi connectivity index (χ0v) is 17.2. The lowest BCUT2D eigenvalue weighted by Gasteiger charge is -2.31. The topological polar surface area (TPSA) is 76.3 Å². The largest absolute Gasteiger partial charge is 0.339 e. The Hall–Kier alpha value is -2.65. The van der Waals surface area contributed by atoms with Crippen LogP contribution in [0.1, 0.15) is 24.3 Å². The Morgan fingerprint density at radius 3 is 2.77 bits per heavy atom. The maximum atomic E-state index is 13.9. The number of hydrogen-bond donors (Lipinski definition) is 0. The summed E-state index contributed by atoms with van der Waals surface area (Å²) in [4.78, 5) is 4.39. The number of sulfonamides is 1. The standard InChI is InChI=1S/C21H21F2N3O3S/c1-14-11-16(22)8-9-19(14)30(27,28)26-10-4-5-15(13-26)12-20-24-21(25-29-20)17-6-2-3-7-18(17)23/h2-3,6-9,11,15H,4-5,10,12-13H2,1H3/t15-/m1/s1. The van der Waals surface area contributed by atoms with Gasteiger partial charge < -0.3 is 4.52 Å². The first-order chi connectivity index (χ1) is 14.3. The number of hydrogen-bond acceptors (Lipinski definition) is 5. The van der Waals surface area contributed by atoms with Gasteiger partial charge >= 0.3 is 0 Å². The maximum Gasteiger partial charge on any atom is 0.243 e.